The summed E-state index contributed by atoms with van der Waals surface area (Å²) >= 11 is 0. The number of hydrogen-bond acceptors (Lipinski definition) is 4. The minimum absolute atomic E-state index is 0.0138. The number of likely N-dealkylation sites (tertiary alicyclic amines) is 1. The number of aromatic nitrogens is 3. The molecule has 1 fully saturated rings. The molecule has 2 rings (SSSR count). The van der Waals surface area contributed by atoms with Gasteiger partial charge in [-0.25, -0.2) is 4.98 Å². The molecule has 6 heteroatoms. The van der Waals surface area contributed by atoms with Crippen molar-refractivity contribution in [2.75, 3.05) is 13.2 Å². The maximum absolute atomic E-state index is 11.8. The van der Waals surface area contributed by atoms with Gasteiger partial charge < -0.3 is 10.0 Å². The van der Waals surface area contributed by atoms with Crippen LogP contribution in [0.2, 0.25) is 0 Å². The monoisotopic (exact) mass is 196 g/mol. The van der Waals surface area contributed by atoms with Crippen molar-refractivity contribution in [2.24, 2.45) is 0 Å². The Morgan fingerprint density at radius 2 is 2.64 bits per heavy atom. The Morgan fingerprint density at radius 1 is 1.79 bits per heavy atom. The molecule has 1 amide bonds. The van der Waals surface area contributed by atoms with Crippen molar-refractivity contribution >= 4 is 5.91 Å². The van der Waals surface area contributed by atoms with E-state index in [2.05, 4.69) is 15.2 Å². The number of carbonyl (C=O) groups excluding carboxylic acids is 1. The Morgan fingerprint density at radius 3 is 3.29 bits per heavy atom. The number of nitrogens with one attached hydrogen (secondary N) is 1. The van der Waals surface area contributed by atoms with Crippen LogP contribution in [0.4, 0.5) is 0 Å². The number of H-pyrrole nitrogens is 1. The first-order chi connectivity index (χ1) is 6.83. The molecule has 76 valence electrons. The third-order valence-corrected chi connectivity index (χ3v) is 2.47. The van der Waals surface area contributed by atoms with Crippen LogP contribution in [0.5, 0.6) is 0 Å². The molecule has 0 aliphatic carbocycles. The lowest BCUT2D eigenvalue weighted by Crippen LogP contribution is -2.38. The van der Waals surface area contributed by atoms with Gasteiger partial charge in [0, 0.05) is 6.54 Å². The Kier molecular flexibility index (Phi) is 2.45. The number of nitrogens with zero attached hydrogens (tertiary/aromatic N) is 3. The quantitative estimate of drug-likeness (QED) is 0.661. The molecule has 1 atom stereocenters. The van der Waals surface area contributed by atoms with Gasteiger partial charge in [0.15, 0.2) is 0 Å². The summed E-state index contributed by atoms with van der Waals surface area (Å²) in [5.41, 5.74) is 0. The molecule has 1 aromatic rings. The number of rotatable bonds is 2. The molecule has 6 nitrogen and oxygen atoms in total. The molecule has 1 aliphatic heterocycles. The first-order valence-electron chi connectivity index (χ1n) is 4.60. The number of aliphatic hydroxyl groups excluding tert-OH is 1. The van der Waals surface area contributed by atoms with Crippen molar-refractivity contribution in [3.8, 4) is 0 Å². The zero-order chi connectivity index (χ0) is 9.97. The first-order valence-corrected chi connectivity index (χ1v) is 4.60. The molecule has 2 heterocycles. The molecule has 1 unspecified atom stereocenters. The van der Waals surface area contributed by atoms with Gasteiger partial charge in [-0.2, -0.15) is 5.10 Å². The van der Waals surface area contributed by atoms with Crippen molar-refractivity contribution in [3.05, 3.63) is 12.2 Å². The molecule has 0 aromatic carbocycles. The third-order valence-electron chi connectivity index (χ3n) is 2.47. The van der Waals surface area contributed by atoms with Gasteiger partial charge in [-0.05, 0) is 12.8 Å². The van der Waals surface area contributed by atoms with Crippen LogP contribution in [0.25, 0.3) is 0 Å². The van der Waals surface area contributed by atoms with Crippen molar-refractivity contribution in [3.63, 3.8) is 0 Å². The van der Waals surface area contributed by atoms with Gasteiger partial charge in [0.05, 0.1) is 12.6 Å². The van der Waals surface area contributed by atoms with Gasteiger partial charge in [-0.1, -0.05) is 0 Å². The summed E-state index contributed by atoms with van der Waals surface area (Å²) in [6, 6.07) is -0.0624. The first kappa shape index (κ1) is 9.14. The van der Waals surface area contributed by atoms with E-state index in [-0.39, 0.29) is 24.4 Å². The summed E-state index contributed by atoms with van der Waals surface area (Å²) in [5.74, 6) is 0.0596. The van der Waals surface area contributed by atoms with E-state index < -0.39 is 0 Å². The van der Waals surface area contributed by atoms with Crippen LogP contribution < -0.4 is 0 Å². The van der Waals surface area contributed by atoms with E-state index in [9.17, 15) is 4.79 Å². The second-order valence-electron chi connectivity index (χ2n) is 3.31. The highest BCUT2D eigenvalue weighted by Crippen LogP contribution is 2.17. The number of amides is 1. The van der Waals surface area contributed by atoms with Crippen molar-refractivity contribution in [2.45, 2.75) is 18.9 Å². The summed E-state index contributed by atoms with van der Waals surface area (Å²) < 4.78 is 0. The fraction of sp³-hybridized carbons (Fsp3) is 0.625. The fourth-order valence-electron chi connectivity index (χ4n) is 1.74. The molecular weight excluding hydrogens is 184 g/mol. The molecular formula is C8H12N4O2. The van der Waals surface area contributed by atoms with E-state index in [4.69, 9.17) is 5.11 Å². The van der Waals surface area contributed by atoms with Gasteiger partial charge in [-0.3, -0.25) is 9.89 Å². The SMILES string of the molecule is O=C(c1ncn[nH]1)N1CCCC1CO. The summed E-state index contributed by atoms with van der Waals surface area (Å²) in [5, 5.41) is 15.2. The van der Waals surface area contributed by atoms with Crippen LogP contribution >= 0.6 is 0 Å². The van der Waals surface area contributed by atoms with E-state index in [1.54, 1.807) is 4.90 Å². The van der Waals surface area contributed by atoms with E-state index in [1.165, 1.54) is 6.33 Å². The standard InChI is InChI=1S/C8H12N4O2/c13-4-6-2-1-3-12(6)8(14)7-9-5-10-11-7/h5-6,13H,1-4H2,(H,9,10,11). The molecule has 1 saturated heterocycles. The second-order valence-corrected chi connectivity index (χ2v) is 3.31. The third kappa shape index (κ3) is 1.48. The van der Waals surface area contributed by atoms with Crippen LogP contribution in [-0.2, 0) is 0 Å². The minimum atomic E-state index is -0.181. The highest BCUT2D eigenvalue weighted by atomic mass is 16.3. The summed E-state index contributed by atoms with van der Waals surface area (Å²) in [6.45, 7) is 0.699. The van der Waals surface area contributed by atoms with Crippen LogP contribution in [-0.4, -0.2) is 50.3 Å². The predicted octanol–water partition coefficient (Wildman–Crippen LogP) is -0.598. The maximum atomic E-state index is 11.8. The summed E-state index contributed by atoms with van der Waals surface area (Å²) in [4.78, 5) is 17.2. The molecule has 1 aliphatic rings. The predicted molar refractivity (Wildman–Crippen MR) is 47.5 cm³/mol. The summed E-state index contributed by atoms with van der Waals surface area (Å²) in [6.07, 6.45) is 3.10. The topological polar surface area (TPSA) is 82.1 Å². The lowest BCUT2D eigenvalue weighted by Gasteiger charge is -2.21. The normalized spacial score (nSPS) is 21.5. The molecule has 1 aromatic heterocycles. The largest absolute Gasteiger partial charge is 0.394 e. The smallest absolute Gasteiger partial charge is 0.291 e. The summed E-state index contributed by atoms with van der Waals surface area (Å²) in [7, 11) is 0. The van der Waals surface area contributed by atoms with Crippen LogP contribution in [0.3, 0.4) is 0 Å². The van der Waals surface area contributed by atoms with Gasteiger partial charge in [-0.15, -0.1) is 0 Å². The number of aromatic amines is 1. The Labute approximate surface area is 80.9 Å². The lowest BCUT2D eigenvalue weighted by molar-refractivity contribution is 0.0666. The van der Waals surface area contributed by atoms with Crippen LogP contribution in [0.1, 0.15) is 23.5 Å². The Balaban J connectivity index is 2.11. The highest BCUT2D eigenvalue weighted by molar-refractivity contribution is 5.90. The Hall–Kier alpha value is -1.43. The van der Waals surface area contributed by atoms with Gasteiger partial charge in [0.1, 0.15) is 6.33 Å². The van der Waals surface area contributed by atoms with Gasteiger partial charge in [0.25, 0.3) is 5.91 Å². The number of hydrogen-bond donors (Lipinski definition) is 2. The highest BCUT2D eigenvalue weighted by Gasteiger charge is 2.29. The van der Waals surface area contributed by atoms with Crippen LogP contribution in [0.15, 0.2) is 6.33 Å². The zero-order valence-corrected chi connectivity index (χ0v) is 7.68. The minimum Gasteiger partial charge on any atom is -0.394 e. The maximum Gasteiger partial charge on any atom is 0.291 e. The zero-order valence-electron chi connectivity index (χ0n) is 7.68. The second kappa shape index (κ2) is 3.75. The van der Waals surface area contributed by atoms with Gasteiger partial charge in [0.2, 0.25) is 5.82 Å². The van der Waals surface area contributed by atoms with Crippen molar-refractivity contribution < 1.29 is 9.90 Å². The molecule has 0 bridgehead atoms. The molecule has 0 spiro atoms. The number of aliphatic hydroxyl groups is 1. The van der Waals surface area contributed by atoms with E-state index in [0.29, 0.717) is 6.54 Å². The van der Waals surface area contributed by atoms with Gasteiger partial charge >= 0.3 is 0 Å². The van der Waals surface area contributed by atoms with E-state index in [1.807, 2.05) is 0 Å². The lowest BCUT2D eigenvalue weighted by atomic mass is 10.2. The average molecular weight is 196 g/mol. The van der Waals surface area contributed by atoms with E-state index in [0.717, 1.165) is 12.8 Å². The van der Waals surface area contributed by atoms with Crippen LogP contribution in [0, 0.1) is 0 Å². The van der Waals surface area contributed by atoms with Crippen molar-refractivity contribution in [1.29, 1.82) is 0 Å². The van der Waals surface area contributed by atoms with Crippen molar-refractivity contribution in [1.82, 2.24) is 20.1 Å². The molecule has 0 saturated carbocycles. The fourth-order valence-corrected chi connectivity index (χ4v) is 1.74. The molecule has 14 heavy (non-hydrogen) atoms. The van der Waals surface area contributed by atoms with E-state index >= 15 is 0 Å². The average Bonchev–Trinajstić information content (AvgIpc) is 2.87. The Bertz CT molecular complexity index is 311. The molecule has 2 N–H and O–H groups in total. The number of carbonyl (C=O) groups is 1. The molecule has 0 radical (unpaired) electrons.